The summed E-state index contributed by atoms with van der Waals surface area (Å²) in [4.78, 5) is 19.9. The molecule has 1 aliphatic rings. The number of fused-ring (bicyclic) bond motifs is 1. The molecule has 0 aromatic carbocycles. The van der Waals surface area contributed by atoms with E-state index < -0.39 is 0 Å². The van der Waals surface area contributed by atoms with Crippen molar-refractivity contribution >= 4 is 5.91 Å². The first kappa shape index (κ1) is 12.0. The van der Waals surface area contributed by atoms with Crippen LogP contribution in [0.3, 0.4) is 0 Å². The molecule has 5 nitrogen and oxygen atoms in total. The summed E-state index contributed by atoms with van der Waals surface area (Å²) in [6, 6.07) is 0. The zero-order valence-corrected chi connectivity index (χ0v) is 10.3. The van der Waals surface area contributed by atoms with Gasteiger partial charge >= 0.3 is 0 Å². The van der Waals surface area contributed by atoms with Crippen LogP contribution in [0.4, 0.5) is 0 Å². The largest absolute Gasteiger partial charge is 0.369 e. The van der Waals surface area contributed by atoms with Gasteiger partial charge in [-0.25, -0.2) is 9.97 Å². The Kier molecular flexibility index (Phi) is 3.38. The van der Waals surface area contributed by atoms with E-state index in [1.165, 1.54) is 5.56 Å². The van der Waals surface area contributed by atoms with Crippen LogP contribution in [-0.4, -0.2) is 22.4 Å². The first-order chi connectivity index (χ1) is 8.08. The standard InChI is InChI=1S/C12H18N4O/c1-7(2)12-8-3-4-14-6-9(8)15-11(16-12)5-10(13)17/h7,14H,3-6H2,1-2H3,(H2,13,17). The number of aromatic nitrogens is 2. The number of rotatable bonds is 3. The van der Waals surface area contributed by atoms with Gasteiger partial charge in [0.15, 0.2) is 0 Å². The summed E-state index contributed by atoms with van der Waals surface area (Å²) in [5.74, 6) is 0.503. The Morgan fingerprint density at radius 1 is 1.47 bits per heavy atom. The maximum Gasteiger partial charge on any atom is 0.225 e. The summed E-state index contributed by atoms with van der Waals surface area (Å²) in [6.07, 6.45) is 1.08. The Morgan fingerprint density at radius 2 is 2.24 bits per heavy atom. The summed E-state index contributed by atoms with van der Waals surface area (Å²) < 4.78 is 0. The van der Waals surface area contributed by atoms with E-state index in [0.717, 1.165) is 30.9 Å². The number of nitrogens with two attached hydrogens (primary N) is 1. The van der Waals surface area contributed by atoms with Gasteiger partial charge in [-0.2, -0.15) is 0 Å². The molecule has 0 fully saturated rings. The first-order valence-corrected chi connectivity index (χ1v) is 5.95. The van der Waals surface area contributed by atoms with Crippen molar-refractivity contribution in [2.45, 2.75) is 39.2 Å². The van der Waals surface area contributed by atoms with Crippen molar-refractivity contribution in [1.82, 2.24) is 15.3 Å². The first-order valence-electron chi connectivity index (χ1n) is 5.95. The smallest absolute Gasteiger partial charge is 0.225 e. The summed E-state index contributed by atoms with van der Waals surface area (Å²) >= 11 is 0. The van der Waals surface area contributed by atoms with Crippen LogP contribution in [0.2, 0.25) is 0 Å². The fourth-order valence-electron chi connectivity index (χ4n) is 2.15. The molecule has 0 atom stereocenters. The molecule has 1 aliphatic heterocycles. The van der Waals surface area contributed by atoms with E-state index in [2.05, 4.69) is 29.1 Å². The molecule has 2 heterocycles. The minimum Gasteiger partial charge on any atom is -0.369 e. The number of primary amides is 1. The van der Waals surface area contributed by atoms with Gasteiger partial charge in [0.05, 0.1) is 17.8 Å². The van der Waals surface area contributed by atoms with Gasteiger partial charge in [0.2, 0.25) is 5.91 Å². The molecular formula is C12H18N4O. The van der Waals surface area contributed by atoms with Gasteiger partial charge in [0.1, 0.15) is 5.82 Å². The molecule has 2 rings (SSSR count). The number of nitrogens with one attached hydrogen (secondary N) is 1. The zero-order chi connectivity index (χ0) is 12.4. The van der Waals surface area contributed by atoms with Crippen molar-refractivity contribution in [3.8, 4) is 0 Å². The molecule has 1 aromatic heterocycles. The van der Waals surface area contributed by atoms with Gasteiger partial charge < -0.3 is 11.1 Å². The molecule has 92 valence electrons. The maximum absolute atomic E-state index is 10.9. The fraction of sp³-hybridized carbons (Fsp3) is 0.583. The highest BCUT2D eigenvalue weighted by molar-refractivity contribution is 5.75. The Balaban J connectivity index is 2.44. The molecule has 0 radical (unpaired) electrons. The third-order valence-electron chi connectivity index (χ3n) is 2.89. The third-order valence-corrected chi connectivity index (χ3v) is 2.89. The van der Waals surface area contributed by atoms with Crippen LogP contribution in [-0.2, 0) is 24.2 Å². The Bertz CT molecular complexity index is 442. The van der Waals surface area contributed by atoms with Gasteiger partial charge in [-0.05, 0) is 24.4 Å². The number of amides is 1. The second kappa shape index (κ2) is 4.79. The molecule has 0 saturated heterocycles. The second-order valence-corrected chi connectivity index (χ2v) is 4.67. The van der Waals surface area contributed by atoms with E-state index in [1.807, 2.05) is 0 Å². The fourth-order valence-corrected chi connectivity index (χ4v) is 2.15. The van der Waals surface area contributed by atoms with Crippen LogP contribution < -0.4 is 11.1 Å². The lowest BCUT2D eigenvalue weighted by Crippen LogP contribution is -2.28. The lowest BCUT2D eigenvalue weighted by molar-refractivity contribution is -0.117. The predicted octanol–water partition coefficient (Wildman–Crippen LogP) is 0.273. The number of nitrogens with zero attached hydrogens (tertiary/aromatic N) is 2. The highest BCUT2D eigenvalue weighted by Crippen LogP contribution is 2.22. The van der Waals surface area contributed by atoms with Crippen LogP contribution in [0, 0.1) is 0 Å². The van der Waals surface area contributed by atoms with Crippen LogP contribution in [0.5, 0.6) is 0 Å². The maximum atomic E-state index is 10.9. The van der Waals surface area contributed by atoms with Crippen LogP contribution >= 0.6 is 0 Å². The summed E-state index contributed by atoms with van der Waals surface area (Å²) in [7, 11) is 0. The normalized spacial score (nSPS) is 14.8. The summed E-state index contributed by atoms with van der Waals surface area (Å²) in [5.41, 5.74) is 8.52. The van der Waals surface area contributed by atoms with Crippen molar-refractivity contribution in [3.63, 3.8) is 0 Å². The lowest BCUT2D eigenvalue weighted by atomic mass is 9.97. The van der Waals surface area contributed by atoms with Gasteiger partial charge in [-0.1, -0.05) is 13.8 Å². The minimum atomic E-state index is -0.386. The van der Waals surface area contributed by atoms with Crippen LogP contribution in [0.1, 0.15) is 42.5 Å². The molecule has 0 aliphatic carbocycles. The van der Waals surface area contributed by atoms with Crippen molar-refractivity contribution < 1.29 is 4.79 Å². The molecule has 3 N–H and O–H groups in total. The van der Waals surface area contributed by atoms with Crippen molar-refractivity contribution in [2.75, 3.05) is 6.54 Å². The number of carbonyl (C=O) groups excluding carboxylic acids is 1. The molecule has 0 unspecified atom stereocenters. The van der Waals surface area contributed by atoms with Gasteiger partial charge in [-0.3, -0.25) is 4.79 Å². The number of hydrogen-bond acceptors (Lipinski definition) is 4. The SMILES string of the molecule is CC(C)c1nc(CC(N)=O)nc2c1CCNC2. The summed E-state index contributed by atoms with van der Waals surface area (Å²) in [6.45, 7) is 5.94. The zero-order valence-electron chi connectivity index (χ0n) is 10.3. The van der Waals surface area contributed by atoms with Gasteiger partial charge in [0, 0.05) is 6.54 Å². The Morgan fingerprint density at radius 3 is 2.88 bits per heavy atom. The predicted molar refractivity (Wildman–Crippen MR) is 64.4 cm³/mol. The molecule has 1 aromatic rings. The van der Waals surface area contributed by atoms with Crippen molar-refractivity contribution in [1.29, 1.82) is 0 Å². The van der Waals surface area contributed by atoms with Crippen LogP contribution in [0.25, 0.3) is 0 Å². The average molecular weight is 234 g/mol. The molecule has 1 amide bonds. The quantitative estimate of drug-likeness (QED) is 0.786. The average Bonchev–Trinajstić information content (AvgIpc) is 2.27. The van der Waals surface area contributed by atoms with Crippen molar-refractivity contribution in [2.24, 2.45) is 5.73 Å². The third kappa shape index (κ3) is 2.61. The monoisotopic (exact) mass is 234 g/mol. The van der Waals surface area contributed by atoms with E-state index in [4.69, 9.17) is 5.73 Å². The number of hydrogen-bond donors (Lipinski definition) is 2. The van der Waals surface area contributed by atoms with E-state index in [0.29, 0.717) is 11.7 Å². The minimum absolute atomic E-state index is 0.118. The van der Waals surface area contributed by atoms with E-state index in [9.17, 15) is 4.79 Å². The van der Waals surface area contributed by atoms with Gasteiger partial charge in [0.25, 0.3) is 0 Å². The van der Waals surface area contributed by atoms with Gasteiger partial charge in [-0.15, -0.1) is 0 Å². The topological polar surface area (TPSA) is 80.9 Å². The van der Waals surface area contributed by atoms with E-state index >= 15 is 0 Å². The Labute approximate surface area is 101 Å². The van der Waals surface area contributed by atoms with E-state index in [1.54, 1.807) is 0 Å². The molecule has 5 heteroatoms. The van der Waals surface area contributed by atoms with Crippen molar-refractivity contribution in [3.05, 3.63) is 22.8 Å². The van der Waals surface area contributed by atoms with Crippen LogP contribution in [0.15, 0.2) is 0 Å². The Hall–Kier alpha value is -1.49. The van der Waals surface area contributed by atoms with E-state index in [-0.39, 0.29) is 12.3 Å². The molecule has 0 spiro atoms. The number of carbonyl (C=O) groups is 1. The lowest BCUT2D eigenvalue weighted by Gasteiger charge is -2.21. The molecule has 0 saturated carbocycles. The highest BCUT2D eigenvalue weighted by atomic mass is 16.1. The molecule has 0 bridgehead atoms. The summed E-state index contributed by atoms with van der Waals surface area (Å²) in [5, 5.41) is 3.28. The highest BCUT2D eigenvalue weighted by Gasteiger charge is 2.19. The molecule has 17 heavy (non-hydrogen) atoms. The second-order valence-electron chi connectivity index (χ2n) is 4.67. The molecular weight excluding hydrogens is 216 g/mol.